The summed E-state index contributed by atoms with van der Waals surface area (Å²) in [5.41, 5.74) is 2.71. The highest BCUT2D eigenvalue weighted by Gasteiger charge is 2.35. The molecule has 2 atom stereocenters. The molecule has 4 heteroatoms. The molecule has 1 aromatic carbocycles. The summed E-state index contributed by atoms with van der Waals surface area (Å²) in [5, 5.41) is 10.4. The molecule has 3 heterocycles. The Bertz CT molecular complexity index is 748. The molecule has 1 aromatic heterocycles. The number of hydrogen-bond acceptors (Lipinski definition) is 4. The fourth-order valence-corrected chi connectivity index (χ4v) is 4.11. The van der Waals surface area contributed by atoms with Crippen molar-refractivity contribution in [1.29, 1.82) is 5.26 Å². The summed E-state index contributed by atoms with van der Waals surface area (Å²) in [4.78, 5) is 9.58. The van der Waals surface area contributed by atoms with Gasteiger partial charge in [-0.15, -0.1) is 0 Å². The van der Waals surface area contributed by atoms with Crippen LogP contribution in [0, 0.1) is 11.3 Å². The molecule has 2 aliphatic rings. The number of fused-ring (bicyclic) bond motifs is 2. The molecule has 2 aliphatic heterocycles. The molecule has 0 bridgehead atoms. The lowest BCUT2D eigenvalue weighted by atomic mass is 10.0. The third-order valence-corrected chi connectivity index (χ3v) is 5.11. The molecule has 0 radical (unpaired) electrons. The first-order valence-electron chi connectivity index (χ1n) is 8.06. The van der Waals surface area contributed by atoms with Crippen LogP contribution in [0.2, 0.25) is 0 Å². The van der Waals surface area contributed by atoms with E-state index < -0.39 is 0 Å². The Labute approximate surface area is 131 Å². The number of pyridine rings is 1. The molecule has 22 heavy (non-hydrogen) atoms. The lowest BCUT2D eigenvalue weighted by molar-refractivity contribution is 0.166. The number of nitrogens with zero attached hydrogens (tertiary/aromatic N) is 4. The zero-order valence-electron chi connectivity index (χ0n) is 12.9. The van der Waals surface area contributed by atoms with E-state index in [1.807, 2.05) is 12.1 Å². The maximum Gasteiger partial charge on any atom is 0.101 e. The highest BCUT2D eigenvalue weighted by molar-refractivity contribution is 5.95. The fraction of sp³-hybridized carbons (Fsp3) is 0.444. The predicted octanol–water partition coefficient (Wildman–Crippen LogP) is 2.78. The van der Waals surface area contributed by atoms with Crippen LogP contribution in [-0.2, 0) is 0 Å². The van der Waals surface area contributed by atoms with Gasteiger partial charge in [0, 0.05) is 42.4 Å². The molecule has 0 saturated carbocycles. The van der Waals surface area contributed by atoms with E-state index in [0.29, 0.717) is 17.6 Å². The smallest absolute Gasteiger partial charge is 0.101 e. The van der Waals surface area contributed by atoms with Crippen LogP contribution in [0.25, 0.3) is 10.9 Å². The standard InChI is InChI=1S/C18H20N4/c1-13-11-21(12-15-4-3-9-22(13)15)17-7-6-14(10-19)18-16(17)5-2-8-20-18/h2,5-8,13,15H,3-4,9,11-12H2,1H3/t13-,15+/m1/s1. The van der Waals surface area contributed by atoms with Crippen molar-refractivity contribution in [2.75, 3.05) is 24.5 Å². The van der Waals surface area contributed by atoms with Gasteiger partial charge in [-0.05, 0) is 50.6 Å². The Kier molecular flexibility index (Phi) is 3.24. The molecule has 4 nitrogen and oxygen atoms in total. The van der Waals surface area contributed by atoms with E-state index in [4.69, 9.17) is 0 Å². The molecular formula is C18H20N4. The third-order valence-electron chi connectivity index (χ3n) is 5.11. The maximum atomic E-state index is 9.29. The van der Waals surface area contributed by atoms with Gasteiger partial charge in [0.15, 0.2) is 0 Å². The fourth-order valence-electron chi connectivity index (χ4n) is 4.11. The Morgan fingerprint density at radius 1 is 1.27 bits per heavy atom. The van der Waals surface area contributed by atoms with Crippen molar-refractivity contribution in [3.8, 4) is 6.07 Å². The Morgan fingerprint density at radius 3 is 3.05 bits per heavy atom. The number of piperazine rings is 1. The molecule has 0 aliphatic carbocycles. The highest BCUT2D eigenvalue weighted by Crippen LogP contribution is 2.33. The number of anilines is 1. The van der Waals surface area contributed by atoms with E-state index in [1.165, 1.54) is 25.1 Å². The van der Waals surface area contributed by atoms with Crippen LogP contribution in [0.3, 0.4) is 0 Å². The summed E-state index contributed by atoms with van der Waals surface area (Å²) in [7, 11) is 0. The van der Waals surface area contributed by atoms with Gasteiger partial charge in [0.1, 0.15) is 6.07 Å². The number of nitriles is 1. The average molecular weight is 292 g/mol. The lowest BCUT2D eigenvalue weighted by Gasteiger charge is -2.43. The van der Waals surface area contributed by atoms with Crippen LogP contribution < -0.4 is 4.90 Å². The second-order valence-electron chi connectivity index (χ2n) is 6.43. The van der Waals surface area contributed by atoms with Gasteiger partial charge in [-0.3, -0.25) is 9.88 Å². The van der Waals surface area contributed by atoms with E-state index in [1.54, 1.807) is 6.20 Å². The van der Waals surface area contributed by atoms with Gasteiger partial charge in [0.05, 0.1) is 11.1 Å². The van der Waals surface area contributed by atoms with E-state index >= 15 is 0 Å². The van der Waals surface area contributed by atoms with Crippen molar-refractivity contribution < 1.29 is 0 Å². The first-order chi connectivity index (χ1) is 10.8. The van der Waals surface area contributed by atoms with Gasteiger partial charge in [-0.25, -0.2) is 0 Å². The van der Waals surface area contributed by atoms with E-state index in [-0.39, 0.29) is 0 Å². The molecule has 0 spiro atoms. The van der Waals surface area contributed by atoms with Crippen LogP contribution >= 0.6 is 0 Å². The molecule has 2 aromatic rings. The number of hydrogen-bond donors (Lipinski definition) is 0. The number of rotatable bonds is 1. The van der Waals surface area contributed by atoms with Gasteiger partial charge in [0.2, 0.25) is 0 Å². The largest absolute Gasteiger partial charge is 0.368 e. The molecule has 0 N–H and O–H groups in total. The van der Waals surface area contributed by atoms with Crippen LogP contribution in [-0.4, -0.2) is 41.6 Å². The zero-order valence-corrected chi connectivity index (χ0v) is 12.9. The zero-order chi connectivity index (χ0) is 15.1. The normalized spacial score (nSPS) is 25.2. The molecular weight excluding hydrogens is 272 g/mol. The first-order valence-corrected chi connectivity index (χ1v) is 8.06. The van der Waals surface area contributed by atoms with Crippen LogP contribution in [0.15, 0.2) is 30.5 Å². The minimum atomic E-state index is 0.587. The maximum absolute atomic E-state index is 9.29. The molecule has 0 amide bonds. The molecule has 4 rings (SSSR count). The van der Waals surface area contributed by atoms with Crippen molar-refractivity contribution in [3.63, 3.8) is 0 Å². The van der Waals surface area contributed by atoms with Gasteiger partial charge < -0.3 is 4.90 Å². The monoisotopic (exact) mass is 292 g/mol. The summed E-state index contributed by atoms with van der Waals surface area (Å²) in [5.74, 6) is 0. The van der Waals surface area contributed by atoms with Crippen LogP contribution in [0.4, 0.5) is 5.69 Å². The first kappa shape index (κ1) is 13.5. The summed E-state index contributed by atoms with van der Waals surface area (Å²) in [6.07, 6.45) is 4.39. The molecule has 112 valence electrons. The summed E-state index contributed by atoms with van der Waals surface area (Å²) >= 11 is 0. The van der Waals surface area contributed by atoms with Gasteiger partial charge in [0.25, 0.3) is 0 Å². The lowest BCUT2D eigenvalue weighted by Crippen LogP contribution is -2.55. The summed E-state index contributed by atoms with van der Waals surface area (Å²) < 4.78 is 0. The van der Waals surface area contributed by atoms with E-state index in [9.17, 15) is 5.26 Å². The van der Waals surface area contributed by atoms with Crippen molar-refractivity contribution in [2.24, 2.45) is 0 Å². The molecule has 2 fully saturated rings. The van der Waals surface area contributed by atoms with Gasteiger partial charge in [-0.2, -0.15) is 5.26 Å². The number of benzene rings is 1. The third kappa shape index (κ3) is 2.05. The van der Waals surface area contributed by atoms with Gasteiger partial charge in [-0.1, -0.05) is 0 Å². The average Bonchev–Trinajstić information content (AvgIpc) is 3.03. The topological polar surface area (TPSA) is 43.2 Å². The minimum Gasteiger partial charge on any atom is -0.368 e. The quantitative estimate of drug-likeness (QED) is 0.810. The van der Waals surface area contributed by atoms with Crippen molar-refractivity contribution in [3.05, 3.63) is 36.0 Å². The molecule has 0 unspecified atom stereocenters. The summed E-state index contributed by atoms with van der Waals surface area (Å²) in [6.45, 7) is 5.70. The van der Waals surface area contributed by atoms with Crippen molar-refractivity contribution in [2.45, 2.75) is 31.8 Å². The summed E-state index contributed by atoms with van der Waals surface area (Å²) in [6, 6.07) is 11.6. The SMILES string of the molecule is C[C@@H]1CN(c2ccc(C#N)c3ncccc23)C[C@@H]2CCCN21. The van der Waals surface area contributed by atoms with Crippen molar-refractivity contribution in [1.82, 2.24) is 9.88 Å². The second kappa shape index (κ2) is 5.26. The van der Waals surface area contributed by atoms with E-state index in [0.717, 1.165) is 24.0 Å². The Hall–Kier alpha value is -2.12. The van der Waals surface area contributed by atoms with Crippen LogP contribution in [0.5, 0.6) is 0 Å². The Morgan fingerprint density at radius 2 is 2.18 bits per heavy atom. The number of aromatic nitrogens is 1. The van der Waals surface area contributed by atoms with Gasteiger partial charge >= 0.3 is 0 Å². The minimum absolute atomic E-state index is 0.587. The Balaban J connectivity index is 1.77. The molecule has 2 saturated heterocycles. The second-order valence-corrected chi connectivity index (χ2v) is 6.43. The van der Waals surface area contributed by atoms with E-state index in [2.05, 4.69) is 39.9 Å². The highest BCUT2D eigenvalue weighted by atomic mass is 15.3. The van der Waals surface area contributed by atoms with Crippen molar-refractivity contribution >= 4 is 16.6 Å². The van der Waals surface area contributed by atoms with Crippen LogP contribution in [0.1, 0.15) is 25.3 Å². The predicted molar refractivity (Wildman–Crippen MR) is 87.9 cm³/mol.